The molecular weight excluding hydrogens is 242 g/mol. The second-order valence-corrected chi connectivity index (χ2v) is 3.93. The third-order valence-electron chi connectivity index (χ3n) is 1.97. The minimum Gasteiger partial charge on any atom is -0.397 e. The van der Waals surface area contributed by atoms with Crippen molar-refractivity contribution in [3.8, 4) is 5.69 Å². The number of aryl methyl sites for hydroxylation is 1. The maximum absolute atomic E-state index is 5.87. The molecule has 0 unspecified atom stereocenters. The summed E-state index contributed by atoms with van der Waals surface area (Å²) in [6.07, 6.45) is 1.89. The van der Waals surface area contributed by atoms with E-state index in [1.807, 2.05) is 37.4 Å². The zero-order valence-electron chi connectivity index (χ0n) is 7.74. The lowest BCUT2D eigenvalue weighted by molar-refractivity contribution is 0.861. The Bertz CT molecular complexity index is 442. The lowest BCUT2D eigenvalue weighted by Gasteiger charge is -2.07. The highest BCUT2D eigenvalue weighted by molar-refractivity contribution is 9.10. The molecule has 0 atom stereocenters. The Morgan fingerprint density at radius 2 is 2.14 bits per heavy atom. The molecule has 0 amide bonds. The summed E-state index contributed by atoms with van der Waals surface area (Å²) in [5, 5.41) is 4.31. The Morgan fingerprint density at radius 1 is 1.36 bits per heavy atom. The molecule has 72 valence electrons. The molecule has 1 aromatic heterocycles. The first-order valence-electron chi connectivity index (χ1n) is 4.25. The SMILES string of the molecule is Cc1ccn(-c2c(N)cccc2Br)n1. The molecule has 0 radical (unpaired) electrons. The molecule has 0 aliphatic heterocycles. The number of hydrogen-bond donors (Lipinski definition) is 1. The van der Waals surface area contributed by atoms with Crippen molar-refractivity contribution in [2.75, 3.05) is 5.73 Å². The van der Waals surface area contributed by atoms with Crippen LogP contribution >= 0.6 is 15.9 Å². The van der Waals surface area contributed by atoms with Gasteiger partial charge in [-0.15, -0.1) is 0 Å². The van der Waals surface area contributed by atoms with E-state index in [1.54, 1.807) is 4.68 Å². The van der Waals surface area contributed by atoms with Crippen LogP contribution in [0.2, 0.25) is 0 Å². The molecule has 2 aromatic rings. The van der Waals surface area contributed by atoms with Crippen LogP contribution in [0.3, 0.4) is 0 Å². The third kappa shape index (κ3) is 1.53. The van der Waals surface area contributed by atoms with E-state index < -0.39 is 0 Å². The van der Waals surface area contributed by atoms with Crippen LogP contribution in [0.25, 0.3) is 5.69 Å². The fourth-order valence-electron chi connectivity index (χ4n) is 1.31. The molecule has 2 N–H and O–H groups in total. The number of rotatable bonds is 1. The largest absolute Gasteiger partial charge is 0.397 e. The molecule has 14 heavy (non-hydrogen) atoms. The average Bonchev–Trinajstić information content (AvgIpc) is 2.51. The minimum absolute atomic E-state index is 0.711. The van der Waals surface area contributed by atoms with Crippen LogP contribution in [0.15, 0.2) is 34.9 Å². The summed E-state index contributed by atoms with van der Waals surface area (Å²) in [6, 6.07) is 7.65. The fraction of sp³-hybridized carbons (Fsp3) is 0.100. The first-order valence-corrected chi connectivity index (χ1v) is 5.04. The number of nitrogen functional groups attached to an aromatic ring is 1. The molecule has 1 aromatic carbocycles. The fourth-order valence-corrected chi connectivity index (χ4v) is 1.88. The van der Waals surface area contributed by atoms with Crippen molar-refractivity contribution < 1.29 is 0 Å². The first-order chi connectivity index (χ1) is 6.68. The van der Waals surface area contributed by atoms with Crippen LogP contribution in [0.5, 0.6) is 0 Å². The Balaban J connectivity index is 2.61. The molecule has 3 nitrogen and oxygen atoms in total. The summed E-state index contributed by atoms with van der Waals surface area (Å²) in [4.78, 5) is 0. The van der Waals surface area contributed by atoms with Crippen molar-refractivity contribution in [3.63, 3.8) is 0 Å². The standard InChI is InChI=1S/C10H10BrN3/c1-7-5-6-14(13-7)10-8(11)3-2-4-9(10)12/h2-6H,12H2,1H3. The molecule has 0 saturated carbocycles. The van der Waals surface area contributed by atoms with Crippen molar-refractivity contribution in [1.82, 2.24) is 9.78 Å². The van der Waals surface area contributed by atoms with Crippen molar-refractivity contribution in [1.29, 1.82) is 0 Å². The van der Waals surface area contributed by atoms with Gasteiger partial charge in [-0.2, -0.15) is 5.10 Å². The van der Waals surface area contributed by atoms with Gasteiger partial charge in [-0.3, -0.25) is 0 Å². The lowest BCUT2D eigenvalue weighted by atomic mass is 10.3. The normalized spacial score (nSPS) is 10.4. The van der Waals surface area contributed by atoms with Gasteiger partial charge in [-0.1, -0.05) is 6.07 Å². The monoisotopic (exact) mass is 251 g/mol. The third-order valence-corrected chi connectivity index (χ3v) is 2.61. The van der Waals surface area contributed by atoms with Crippen LogP contribution in [0, 0.1) is 6.92 Å². The maximum atomic E-state index is 5.87. The summed E-state index contributed by atoms with van der Waals surface area (Å²) >= 11 is 3.45. The second-order valence-electron chi connectivity index (χ2n) is 3.08. The van der Waals surface area contributed by atoms with Gasteiger partial charge in [-0.25, -0.2) is 4.68 Å². The van der Waals surface area contributed by atoms with Gasteiger partial charge in [0.1, 0.15) is 5.69 Å². The number of hydrogen-bond acceptors (Lipinski definition) is 2. The second kappa shape index (κ2) is 3.46. The molecule has 0 aliphatic carbocycles. The number of anilines is 1. The van der Waals surface area contributed by atoms with Crippen LogP contribution in [0.1, 0.15) is 5.69 Å². The average molecular weight is 252 g/mol. The summed E-state index contributed by atoms with van der Waals surface area (Å²) in [5.74, 6) is 0. The Labute approximate surface area is 90.7 Å². The van der Waals surface area contributed by atoms with Crippen molar-refractivity contribution in [2.24, 2.45) is 0 Å². The Hall–Kier alpha value is -1.29. The Morgan fingerprint density at radius 3 is 2.71 bits per heavy atom. The molecule has 1 heterocycles. The van der Waals surface area contributed by atoms with Crippen molar-refractivity contribution >= 4 is 21.6 Å². The summed E-state index contributed by atoms with van der Waals surface area (Å²) in [5.41, 5.74) is 8.44. The van der Waals surface area contributed by atoms with E-state index in [2.05, 4.69) is 21.0 Å². The zero-order valence-corrected chi connectivity index (χ0v) is 9.32. The number of nitrogens with zero attached hydrogens (tertiary/aromatic N) is 2. The van der Waals surface area contributed by atoms with Crippen LogP contribution < -0.4 is 5.73 Å². The molecule has 0 bridgehead atoms. The smallest absolute Gasteiger partial charge is 0.102 e. The van der Waals surface area contributed by atoms with Gasteiger partial charge in [0.15, 0.2) is 0 Å². The van der Waals surface area contributed by atoms with Gasteiger partial charge >= 0.3 is 0 Å². The first kappa shape index (κ1) is 9.27. The van der Waals surface area contributed by atoms with E-state index in [-0.39, 0.29) is 0 Å². The highest BCUT2D eigenvalue weighted by atomic mass is 79.9. The minimum atomic E-state index is 0.711. The highest BCUT2D eigenvalue weighted by Gasteiger charge is 2.06. The van der Waals surface area contributed by atoms with Crippen LogP contribution in [0.4, 0.5) is 5.69 Å². The van der Waals surface area contributed by atoms with Crippen LogP contribution in [-0.2, 0) is 0 Å². The molecule has 0 aliphatic rings. The van der Waals surface area contributed by atoms with Gasteiger partial charge in [0.05, 0.1) is 11.4 Å². The van der Waals surface area contributed by atoms with Gasteiger partial charge in [0, 0.05) is 10.7 Å². The van der Waals surface area contributed by atoms with Crippen molar-refractivity contribution in [2.45, 2.75) is 6.92 Å². The summed E-state index contributed by atoms with van der Waals surface area (Å²) < 4.78 is 2.72. The van der Waals surface area contributed by atoms with E-state index in [9.17, 15) is 0 Å². The Kier molecular flexibility index (Phi) is 2.29. The predicted molar refractivity (Wildman–Crippen MR) is 60.4 cm³/mol. The lowest BCUT2D eigenvalue weighted by Crippen LogP contribution is -2.01. The van der Waals surface area contributed by atoms with E-state index in [0.717, 1.165) is 15.9 Å². The van der Waals surface area contributed by atoms with Gasteiger partial charge in [-0.05, 0) is 41.1 Å². The molecule has 4 heteroatoms. The van der Waals surface area contributed by atoms with E-state index in [4.69, 9.17) is 5.73 Å². The molecule has 2 rings (SSSR count). The molecule has 0 spiro atoms. The van der Waals surface area contributed by atoms with E-state index in [1.165, 1.54) is 0 Å². The predicted octanol–water partition coefficient (Wildman–Crippen LogP) is 2.53. The number of aromatic nitrogens is 2. The van der Waals surface area contributed by atoms with Crippen molar-refractivity contribution in [3.05, 3.63) is 40.6 Å². The summed E-state index contributed by atoms with van der Waals surface area (Å²) in [7, 11) is 0. The quantitative estimate of drug-likeness (QED) is 0.792. The number of benzene rings is 1. The van der Waals surface area contributed by atoms with E-state index in [0.29, 0.717) is 5.69 Å². The van der Waals surface area contributed by atoms with Gasteiger partial charge in [0.2, 0.25) is 0 Å². The van der Waals surface area contributed by atoms with Gasteiger partial charge in [0.25, 0.3) is 0 Å². The number of nitrogens with two attached hydrogens (primary N) is 1. The number of halogens is 1. The zero-order chi connectivity index (χ0) is 10.1. The number of para-hydroxylation sites is 1. The topological polar surface area (TPSA) is 43.8 Å². The highest BCUT2D eigenvalue weighted by Crippen LogP contribution is 2.25. The van der Waals surface area contributed by atoms with Gasteiger partial charge < -0.3 is 5.73 Å². The maximum Gasteiger partial charge on any atom is 0.102 e. The molecule has 0 saturated heterocycles. The summed E-state index contributed by atoms with van der Waals surface area (Å²) in [6.45, 7) is 1.95. The van der Waals surface area contributed by atoms with E-state index >= 15 is 0 Å². The molecular formula is C10H10BrN3. The van der Waals surface area contributed by atoms with Crippen LogP contribution in [-0.4, -0.2) is 9.78 Å². The molecule has 0 fully saturated rings.